The van der Waals surface area contributed by atoms with Crippen molar-refractivity contribution in [1.29, 1.82) is 0 Å². The standard InChI is InChI=1S/C17H25BF3N3O4/c19-17(20,21)13-3-8-23-14(11-13)24-9-4-12(5-10-24)16(22,15(25)26)6-1-2-7-18(27)28/h3,8,11-12,27-28H,1-2,4-7,9-10,22H2,(H,25,26). The second kappa shape index (κ2) is 9.10. The van der Waals surface area contributed by atoms with Gasteiger partial charge < -0.3 is 25.8 Å². The van der Waals surface area contributed by atoms with Gasteiger partial charge in [-0.3, -0.25) is 4.79 Å². The third-order valence-electron chi connectivity index (χ3n) is 5.32. The molecule has 0 spiro atoms. The van der Waals surface area contributed by atoms with Gasteiger partial charge >= 0.3 is 19.3 Å². The number of nitrogens with zero attached hydrogens (tertiary/aromatic N) is 2. The normalized spacial score (nSPS) is 18.0. The van der Waals surface area contributed by atoms with Gasteiger partial charge in [-0.25, -0.2) is 4.98 Å². The number of aromatic nitrogens is 1. The second-order valence-corrected chi connectivity index (χ2v) is 7.23. The summed E-state index contributed by atoms with van der Waals surface area (Å²) in [4.78, 5) is 17.5. The second-order valence-electron chi connectivity index (χ2n) is 7.23. The third kappa shape index (κ3) is 5.58. The summed E-state index contributed by atoms with van der Waals surface area (Å²) in [6.45, 7) is 0.723. The largest absolute Gasteiger partial charge is 0.480 e. The molecule has 7 nitrogen and oxygen atoms in total. The van der Waals surface area contributed by atoms with Crippen molar-refractivity contribution >= 4 is 18.9 Å². The van der Waals surface area contributed by atoms with Crippen LogP contribution in [0.4, 0.5) is 19.0 Å². The molecule has 1 unspecified atom stereocenters. The molecule has 5 N–H and O–H groups in total. The first-order valence-electron chi connectivity index (χ1n) is 9.20. The number of hydrogen-bond acceptors (Lipinski definition) is 6. The first-order chi connectivity index (χ1) is 13.0. The van der Waals surface area contributed by atoms with Gasteiger partial charge in [-0.2, -0.15) is 13.2 Å². The zero-order chi connectivity index (χ0) is 20.9. The van der Waals surface area contributed by atoms with E-state index in [2.05, 4.69) is 4.98 Å². The predicted molar refractivity (Wildman–Crippen MR) is 97.6 cm³/mol. The predicted octanol–water partition coefficient (Wildman–Crippen LogP) is 1.74. The number of pyridine rings is 1. The molecule has 0 bridgehead atoms. The minimum absolute atomic E-state index is 0.148. The fourth-order valence-corrected chi connectivity index (χ4v) is 3.62. The van der Waals surface area contributed by atoms with Gasteiger partial charge in [-0.05, 0) is 43.6 Å². The van der Waals surface area contributed by atoms with Crippen molar-refractivity contribution in [2.45, 2.75) is 50.1 Å². The van der Waals surface area contributed by atoms with Gasteiger partial charge in [0, 0.05) is 19.3 Å². The molecule has 2 rings (SSSR count). The smallest absolute Gasteiger partial charge is 0.451 e. The SMILES string of the molecule is NC(CCCCB(O)O)(C(=O)O)C1CCN(c2cc(C(F)(F)F)ccn2)CC1. The first kappa shape index (κ1) is 22.4. The molecular formula is C17H25BF3N3O4. The number of anilines is 1. The van der Waals surface area contributed by atoms with Crippen LogP contribution >= 0.6 is 0 Å². The number of carboxylic acids is 1. The Kier molecular flexibility index (Phi) is 7.30. The summed E-state index contributed by atoms with van der Waals surface area (Å²) in [5.41, 5.74) is 3.97. The maximum atomic E-state index is 12.9. The summed E-state index contributed by atoms with van der Waals surface area (Å²) in [7, 11) is -1.43. The van der Waals surface area contributed by atoms with E-state index in [4.69, 9.17) is 15.8 Å². The van der Waals surface area contributed by atoms with Crippen LogP contribution in [-0.2, 0) is 11.0 Å². The Labute approximate surface area is 161 Å². The van der Waals surface area contributed by atoms with Crippen LogP contribution in [0.25, 0.3) is 0 Å². The highest BCUT2D eigenvalue weighted by atomic mass is 19.4. The van der Waals surface area contributed by atoms with Crippen molar-refractivity contribution in [2.75, 3.05) is 18.0 Å². The van der Waals surface area contributed by atoms with Gasteiger partial charge in [-0.15, -0.1) is 0 Å². The zero-order valence-corrected chi connectivity index (χ0v) is 15.4. The van der Waals surface area contributed by atoms with Gasteiger partial charge in [0.15, 0.2) is 0 Å². The minimum Gasteiger partial charge on any atom is -0.480 e. The van der Waals surface area contributed by atoms with Crippen molar-refractivity contribution < 1.29 is 33.1 Å². The van der Waals surface area contributed by atoms with Crippen molar-refractivity contribution in [3.63, 3.8) is 0 Å². The molecule has 28 heavy (non-hydrogen) atoms. The molecule has 156 valence electrons. The van der Waals surface area contributed by atoms with Crippen molar-refractivity contribution in [3.8, 4) is 0 Å². The van der Waals surface area contributed by atoms with Crippen molar-refractivity contribution in [2.24, 2.45) is 11.7 Å². The zero-order valence-electron chi connectivity index (χ0n) is 15.4. The lowest BCUT2D eigenvalue weighted by Gasteiger charge is -2.40. The van der Waals surface area contributed by atoms with Gasteiger partial charge in [-0.1, -0.05) is 12.8 Å². The molecule has 1 aliphatic heterocycles. The van der Waals surface area contributed by atoms with Crippen LogP contribution in [0.1, 0.15) is 37.7 Å². The van der Waals surface area contributed by atoms with E-state index in [9.17, 15) is 23.1 Å². The van der Waals surface area contributed by atoms with Crippen molar-refractivity contribution in [1.82, 2.24) is 4.98 Å². The molecule has 0 aliphatic carbocycles. The average Bonchev–Trinajstić information content (AvgIpc) is 2.64. The van der Waals surface area contributed by atoms with Crippen LogP contribution in [0.5, 0.6) is 0 Å². The molecule has 11 heteroatoms. The summed E-state index contributed by atoms with van der Waals surface area (Å²) in [5.74, 6) is -1.23. The van der Waals surface area contributed by atoms with Crippen LogP contribution in [0.2, 0.25) is 6.32 Å². The molecule has 1 aromatic rings. The fourth-order valence-electron chi connectivity index (χ4n) is 3.62. The Bertz CT molecular complexity index is 669. The van der Waals surface area contributed by atoms with Gasteiger partial charge in [0.1, 0.15) is 11.4 Å². The molecule has 1 aliphatic rings. The van der Waals surface area contributed by atoms with Gasteiger partial charge in [0.25, 0.3) is 0 Å². The van der Waals surface area contributed by atoms with Gasteiger partial charge in [0.2, 0.25) is 0 Å². The summed E-state index contributed by atoms with van der Waals surface area (Å²) < 4.78 is 38.6. The van der Waals surface area contributed by atoms with Crippen LogP contribution in [0.3, 0.4) is 0 Å². The average molecular weight is 403 g/mol. The fraction of sp³-hybridized carbons (Fsp3) is 0.647. The Hall–Kier alpha value is -1.85. The van der Waals surface area contributed by atoms with Crippen LogP contribution < -0.4 is 10.6 Å². The molecule has 0 radical (unpaired) electrons. The van der Waals surface area contributed by atoms with E-state index in [1.54, 1.807) is 4.90 Å². The Morgan fingerprint density at radius 2 is 1.93 bits per heavy atom. The third-order valence-corrected chi connectivity index (χ3v) is 5.32. The molecule has 0 aromatic carbocycles. The number of hydrogen-bond donors (Lipinski definition) is 4. The Morgan fingerprint density at radius 3 is 2.46 bits per heavy atom. The summed E-state index contributed by atoms with van der Waals surface area (Å²) in [6, 6.07) is 1.91. The number of rotatable bonds is 8. The molecule has 0 saturated carbocycles. The number of nitrogens with two attached hydrogens (primary N) is 1. The molecule has 1 atom stereocenters. The molecule has 2 heterocycles. The van der Waals surface area contributed by atoms with Gasteiger partial charge in [0.05, 0.1) is 5.56 Å². The van der Waals surface area contributed by atoms with E-state index >= 15 is 0 Å². The van der Waals surface area contributed by atoms with E-state index in [1.165, 1.54) is 0 Å². The topological polar surface area (TPSA) is 120 Å². The molecule has 1 aromatic heterocycles. The highest BCUT2D eigenvalue weighted by Crippen LogP contribution is 2.34. The lowest BCUT2D eigenvalue weighted by molar-refractivity contribution is -0.146. The molecule has 1 saturated heterocycles. The molecule has 0 amide bonds. The Balaban J connectivity index is 1.99. The number of aliphatic carboxylic acids is 1. The maximum absolute atomic E-state index is 12.9. The summed E-state index contributed by atoms with van der Waals surface area (Å²) in [6.07, 6.45) is -1.27. The van der Waals surface area contributed by atoms with Crippen LogP contribution in [-0.4, -0.2) is 51.9 Å². The van der Waals surface area contributed by atoms with Crippen LogP contribution in [0.15, 0.2) is 18.3 Å². The van der Waals surface area contributed by atoms with E-state index in [0.29, 0.717) is 38.8 Å². The Morgan fingerprint density at radius 1 is 1.29 bits per heavy atom. The molecular weight excluding hydrogens is 378 g/mol. The monoisotopic (exact) mass is 403 g/mol. The van der Waals surface area contributed by atoms with Crippen molar-refractivity contribution in [3.05, 3.63) is 23.9 Å². The summed E-state index contributed by atoms with van der Waals surface area (Å²) >= 11 is 0. The maximum Gasteiger partial charge on any atom is 0.451 e. The minimum atomic E-state index is -4.45. The van der Waals surface area contributed by atoms with E-state index in [0.717, 1.165) is 18.3 Å². The lowest BCUT2D eigenvalue weighted by atomic mass is 9.74. The summed E-state index contributed by atoms with van der Waals surface area (Å²) in [5, 5.41) is 27.4. The highest BCUT2D eigenvalue weighted by molar-refractivity contribution is 6.40. The van der Waals surface area contributed by atoms with Crippen LogP contribution in [0, 0.1) is 5.92 Å². The number of unbranched alkanes of at least 4 members (excludes halogenated alkanes) is 1. The number of halogens is 3. The number of piperidine rings is 1. The number of alkyl halides is 3. The lowest BCUT2D eigenvalue weighted by Crippen LogP contribution is -2.57. The van der Waals surface area contributed by atoms with E-state index in [-0.39, 0.29) is 24.5 Å². The highest BCUT2D eigenvalue weighted by Gasteiger charge is 2.43. The van der Waals surface area contributed by atoms with E-state index in [1.807, 2.05) is 0 Å². The van der Waals surface area contributed by atoms with E-state index < -0.39 is 30.4 Å². The first-order valence-corrected chi connectivity index (χ1v) is 9.20. The number of carboxylic acid groups (broad SMARTS) is 1. The molecule has 1 fully saturated rings. The number of carbonyl (C=O) groups is 1. The quantitative estimate of drug-likeness (QED) is 0.386.